The first kappa shape index (κ1) is 30.0. The van der Waals surface area contributed by atoms with E-state index in [1.54, 1.807) is 7.05 Å². The highest BCUT2D eigenvalue weighted by molar-refractivity contribution is 5.76. The summed E-state index contributed by atoms with van der Waals surface area (Å²) in [5, 5.41) is 15.8. The van der Waals surface area contributed by atoms with E-state index >= 15 is 0 Å². The van der Waals surface area contributed by atoms with Crippen LogP contribution in [0.3, 0.4) is 0 Å². The lowest BCUT2D eigenvalue weighted by molar-refractivity contribution is -0.139. The van der Waals surface area contributed by atoms with E-state index in [2.05, 4.69) is 34.9 Å². The fraction of sp³-hybridized carbons (Fsp3) is 0.647. The third-order valence-corrected chi connectivity index (χ3v) is 9.07. The quantitative estimate of drug-likeness (QED) is 0.264. The Labute approximate surface area is 245 Å². The summed E-state index contributed by atoms with van der Waals surface area (Å²) in [4.78, 5) is 16.3. The predicted octanol–water partition coefficient (Wildman–Crippen LogP) is 6.21. The SMILES string of the molecule is CNC(C(=O)O)c1ccc(CC2CC2)cc1C1CCOCC1.c1cc2c(nc1CCCCOC1CCC1)NCCC2. The number of carboxylic acids is 1. The Kier molecular flexibility index (Phi) is 11.1. The zero-order valence-corrected chi connectivity index (χ0v) is 24.8. The number of aromatic nitrogens is 1. The van der Waals surface area contributed by atoms with Crippen molar-refractivity contribution in [2.45, 2.75) is 102 Å². The zero-order chi connectivity index (χ0) is 28.4. The molecule has 1 unspecified atom stereocenters. The largest absolute Gasteiger partial charge is 0.480 e. The summed E-state index contributed by atoms with van der Waals surface area (Å²) in [5.41, 5.74) is 6.08. The summed E-state index contributed by atoms with van der Waals surface area (Å²) in [6.45, 7) is 3.54. The minimum Gasteiger partial charge on any atom is -0.480 e. The van der Waals surface area contributed by atoms with Crippen molar-refractivity contribution in [3.8, 4) is 0 Å². The molecule has 1 atom stereocenters. The number of nitrogens with zero attached hydrogens (tertiary/aromatic N) is 1. The molecule has 41 heavy (non-hydrogen) atoms. The molecular formula is C34H49N3O4. The van der Waals surface area contributed by atoms with Crippen LogP contribution in [0.1, 0.15) is 104 Å². The van der Waals surface area contributed by atoms with Gasteiger partial charge in [-0.05, 0) is 131 Å². The second kappa shape index (κ2) is 15.1. The van der Waals surface area contributed by atoms with Gasteiger partial charge in [0.25, 0.3) is 0 Å². The number of benzene rings is 1. The third-order valence-electron chi connectivity index (χ3n) is 9.07. The lowest BCUT2D eigenvalue weighted by atomic mass is 9.84. The zero-order valence-electron chi connectivity index (χ0n) is 24.8. The van der Waals surface area contributed by atoms with Crippen molar-refractivity contribution < 1.29 is 19.4 Å². The van der Waals surface area contributed by atoms with Crippen LogP contribution < -0.4 is 10.6 Å². The Morgan fingerprint density at radius 2 is 1.93 bits per heavy atom. The fourth-order valence-corrected chi connectivity index (χ4v) is 6.15. The van der Waals surface area contributed by atoms with Crippen LogP contribution >= 0.6 is 0 Å². The molecule has 0 bridgehead atoms. The van der Waals surface area contributed by atoms with Crippen molar-refractivity contribution in [3.05, 3.63) is 58.3 Å². The van der Waals surface area contributed by atoms with Crippen molar-refractivity contribution in [2.24, 2.45) is 5.92 Å². The fourth-order valence-electron chi connectivity index (χ4n) is 6.15. The predicted molar refractivity (Wildman–Crippen MR) is 163 cm³/mol. The molecule has 0 radical (unpaired) electrons. The van der Waals surface area contributed by atoms with E-state index in [1.165, 1.54) is 73.8 Å². The number of pyridine rings is 1. The summed E-state index contributed by atoms with van der Waals surface area (Å²) in [6, 6.07) is 10.2. The minimum atomic E-state index is -0.814. The first-order chi connectivity index (χ1) is 20.1. The standard InChI is InChI=1S/C18H25NO3.C16H24N2O/c1-19-17(18(20)21)15-5-4-13(10-12-2-3-12)11-16(15)14-6-8-22-9-7-14;1(2-12-19-15-7-3-8-15)6-14-10-9-13-5-4-11-17-16(13)18-14/h4-5,11-12,14,17,19H,2-3,6-10H2,1H3,(H,20,21);9-10,15H,1-8,11-12H2,(H,17,18). The number of nitrogens with one attached hydrogen (secondary N) is 2. The number of ether oxygens (including phenoxy) is 2. The first-order valence-corrected chi connectivity index (χ1v) is 16.1. The number of unbranched alkanes of at least 4 members (excludes halogenated alkanes) is 1. The highest BCUT2D eigenvalue weighted by Crippen LogP contribution is 2.37. The minimum absolute atomic E-state index is 0.415. The van der Waals surface area contributed by atoms with E-state index in [0.717, 1.165) is 75.8 Å². The van der Waals surface area contributed by atoms with Gasteiger partial charge in [-0.15, -0.1) is 0 Å². The average Bonchev–Trinajstić information content (AvgIpc) is 3.79. The van der Waals surface area contributed by atoms with E-state index in [4.69, 9.17) is 14.5 Å². The van der Waals surface area contributed by atoms with E-state index in [0.29, 0.717) is 12.0 Å². The van der Waals surface area contributed by atoms with Crippen LogP contribution in [-0.4, -0.2) is 55.6 Å². The van der Waals surface area contributed by atoms with E-state index in [1.807, 2.05) is 6.07 Å². The lowest BCUT2D eigenvalue weighted by Crippen LogP contribution is -2.27. The molecule has 4 aliphatic rings. The molecule has 7 nitrogen and oxygen atoms in total. The summed E-state index contributed by atoms with van der Waals surface area (Å²) in [5.74, 6) is 1.56. The number of carboxylic acid groups (broad SMARTS) is 1. The van der Waals surface area contributed by atoms with Crippen LogP contribution in [0.4, 0.5) is 5.82 Å². The monoisotopic (exact) mass is 563 g/mol. The highest BCUT2D eigenvalue weighted by atomic mass is 16.5. The number of aryl methyl sites for hydroxylation is 2. The molecule has 3 fully saturated rings. The van der Waals surface area contributed by atoms with Gasteiger partial charge in [-0.3, -0.25) is 4.79 Å². The third kappa shape index (κ3) is 8.76. The Balaban J connectivity index is 0.000000166. The molecule has 3 heterocycles. The molecule has 1 aromatic heterocycles. The van der Waals surface area contributed by atoms with Crippen molar-refractivity contribution in [2.75, 3.05) is 38.7 Å². The Morgan fingerprint density at radius 3 is 2.63 bits per heavy atom. The van der Waals surface area contributed by atoms with Crippen LogP contribution in [0.2, 0.25) is 0 Å². The number of anilines is 1. The second-order valence-corrected chi connectivity index (χ2v) is 12.3. The number of rotatable bonds is 12. The van der Waals surface area contributed by atoms with E-state index in [9.17, 15) is 9.90 Å². The molecule has 2 aliphatic carbocycles. The van der Waals surface area contributed by atoms with Gasteiger partial charge in [0.2, 0.25) is 0 Å². The highest BCUT2D eigenvalue weighted by Gasteiger charge is 2.28. The van der Waals surface area contributed by atoms with Gasteiger partial charge in [0, 0.05) is 32.1 Å². The lowest BCUT2D eigenvalue weighted by Gasteiger charge is -2.27. The van der Waals surface area contributed by atoms with Gasteiger partial charge in [-0.25, -0.2) is 4.98 Å². The van der Waals surface area contributed by atoms with Gasteiger partial charge in [-0.1, -0.05) is 24.3 Å². The Morgan fingerprint density at radius 1 is 1.10 bits per heavy atom. The molecule has 1 aromatic carbocycles. The van der Waals surface area contributed by atoms with E-state index in [-0.39, 0.29) is 0 Å². The smallest absolute Gasteiger partial charge is 0.325 e. The van der Waals surface area contributed by atoms with Gasteiger partial charge in [-0.2, -0.15) is 0 Å². The molecule has 2 saturated carbocycles. The number of hydrogen-bond donors (Lipinski definition) is 3. The molecule has 3 N–H and O–H groups in total. The molecule has 224 valence electrons. The van der Waals surface area contributed by atoms with Crippen LogP contribution in [0.25, 0.3) is 0 Å². The van der Waals surface area contributed by atoms with Crippen LogP contribution in [0.5, 0.6) is 0 Å². The Hall–Kier alpha value is -2.48. The summed E-state index contributed by atoms with van der Waals surface area (Å²) < 4.78 is 11.2. The van der Waals surface area contributed by atoms with Crippen LogP contribution in [-0.2, 0) is 33.5 Å². The van der Waals surface area contributed by atoms with Crippen LogP contribution in [0.15, 0.2) is 30.3 Å². The molecule has 7 heteroatoms. The molecular weight excluding hydrogens is 514 g/mol. The normalized spacial score (nSPS) is 19.7. The molecule has 0 spiro atoms. The van der Waals surface area contributed by atoms with Gasteiger partial charge in [0.1, 0.15) is 11.9 Å². The van der Waals surface area contributed by atoms with Gasteiger partial charge >= 0.3 is 5.97 Å². The van der Waals surface area contributed by atoms with Gasteiger partial charge < -0.3 is 25.2 Å². The molecule has 1 saturated heterocycles. The second-order valence-electron chi connectivity index (χ2n) is 12.3. The number of carbonyl (C=O) groups is 1. The van der Waals surface area contributed by atoms with Crippen molar-refractivity contribution >= 4 is 11.8 Å². The Bertz CT molecular complexity index is 1120. The average molecular weight is 564 g/mol. The molecule has 0 amide bonds. The first-order valence-electron chi connectivity index (χ1n) is 16.1. The van der Waals surface area contributed by atoms with Gasteiger partial charge in [0.05, 0.1) is 6.10 Å². The maximum Gasteiger partial charge on any atom is 0.325 e. The summed E-state index contributed by atoms with van der Waals surface area (Å²) in [7, 11) is 1.71. The molecule has 2 aromatic rings. The van der Waals surface area contributed by atoms with E-state index < -0.39 is 12.0 Å². The topological polar surface area (TPSA) is 92.7 Å². The summed E-state index contributed by atoms with van der Waals surface area (Å²) in [6.07, 6.45) is 16.1. The summed E-state index contributed by atoms with van der Waals surface area (Å²) >= 11 is 0. The number of fused-ring (bicyclic) bond motifs is 1. The van der Waals surface area contributed by atoms with Crippen molar-refractivity contribution in [1.82, 2.24) is 10.3 Å². The maximum atomic E-state index is 11.6. The van der Waals surface area contributed by atoms with Crippen molar-refractivity contribution in [1.29, 1.82) is 0 Å². The molecule has 2 aliphatic heterocycles. The number of aliphatic carboxylic acids is 1. The van der Waals surface area contributed by atoms with Gasteiger partial charge in [0.15, 0.2) is 0 Å². The maximum absolute atomic E-state index is 11.6. The number of hydrogen-bond acceptors (Lipinski definition) is 6. The molecule has 6 rings (SSSR count). The van der Waals surface area contributed by atoms with Crippen molar-refractivity contribution in [3.63, 3.8) is 0 Å². The van der Waals surface area contributed by atoms with Crippen LogP contribution in [0, 0.1) is 5.92 Å². The number of likely N-dealkylation sites (N-methyl/N-ethyl adjacent to an activating group) is 1.